The number of hydrogen-bond acceptors (Lipinski definition) is 3. The van der Waals surface area contributed by atoms with Crippen molar-refractivity contribution >= 4 is 45.6 Å². The maximum absolute atomic E-state index is 12.0. The molecule has 0 atom stereocenters. The Morgan fingerprint density at radius 1 is 1.35 bits per heavy atom. The first kappa shape index (κ1) is 13.9. The number of anilines is 1. The molecule has 0 bridgehead atoms. The molecule has 20 heavy (non-hydrogen) atoms. The molecule has 1 aliphatic rings. The summed E-state index contributed by atoms with van der Waals surface area (Å²) < 4.78 is 0. The van der Waals surface area contributed by atoms with Crippen LogP contribution in [0.3, 0.4) is 0 Å². The van der Waals surface area contributed by atoms with Gasteiger partial charge in [-0.2, -0.15) is 0 Å². The van der Waals surface area contributed by atoms with Crippen LogP contribution in [0.5, 0.6) is 0 Å². The molecule has 1 fully saturated rings. The van der Waals surface area contributed by atoms with Crippen molar-refractivity contribution in [2.75, 3.05) is 5.32 Å². The highest BCUT2D eigenvalue weighted by molar-refractivity contribution is 7.13. The maximum atomic E-state index is 12.0. The van der Waals surface area contributed by atoms with Crippen LogP contribution in [-0.4, -0.2) is 10.9 Å². The number of amides is 1. The van der Waals surface area contributed by atoms with Crippen LogP contribution in [0, 0.1) is 0 Å². The molecule has 1 saturated carbocycles. The topological polar surface area (TPSA) is 42.0 Å². The number of benzene rings is 1. The van der Waals surface area contributed by atoms with E-state index in [0.29, 0.717) is 26.7 Å². The minimum Gasteiger partial charge on any atom is -0.302 e. The summed E-state index contributed by atoms with van der Waals surface area (Å²) in [6, 6.07) is 5.21. The molecule has 1 heterocycles. The molecule has 3 rings (SSSR count). The number of rotatable bonds is 4. The molecular formula is C14H12Cl2N2OS. The second-order valence-corrected chi connectivity index (χ2v) is 6.45. The average Bonchev–Trinajstić information content (AvgIpc) is 3.15. The van der Waals surface area contributed by atoms with Gasteiger partial charge in [-0.1, -0.05) is 29.3 Å². The summed E-state index contributed by atoms with van der Waals surface area (Å²) >= 11 is 13.6. The average molecular weight is 327 g/mol. The normalized spacial score (nSPS) is 14.3. The van der Waals surface area contributed by atoms with Gasteiger partial charge in [0, 0.05) is 21.3 Å². The lowest BCUT2D eigenvalue weighted by Gasteiger charge is -2.06. The van der Waals surface area contributed by atoms with Crippen LogP contribution < -0.4 is 5.32 Å². The van der Waals surface area contributed by atoms with Gasteiger partial charge in [0.05, 0.1) is 12.1 Å². The fraction of sp³-hybridized carbons (Fsp3) is 0.286. The summed E-state index contributed by atoms with van der Waals surface area (Å²) in [7, 11) is 0. The largest absolute Gasteiger partial charge is 0.302 e. The number of hydrogen-bond donors (Lipinski definition) is 1. The number of carbonyl (C=O) groups is 1. The van der Waals surface area contributed by atoms with E-state index in [4.69, 9.17) is 23.2 Å². The summed E-state index contributed by atoms with van der Waals surface area (Å²) in [5, 5.41) is 6.46. The molecule has 3 nitrogen and oxygen atoms in total. The van der Waals surface area contributed by atoms with E-state index < -0.39 is 0 Å². The number of nitrogens with one attached hydrogen (secondary N) is 1. The number of carbonyl (C=O) groups excluding carboxylic acids is 1. The molecule has 1 N–H and O–H groups in total. The Hall–Kier alpha value is -1.10. The van der Waals surface area contributed by atoms with Gasteiger partial charge in [-0.3, -0.25) is 4.79 Å². The monoisotopic (exact) mass is 326 g/mol. The van der Waals surface area contributed by atoms with Gasteiger partial charge in [-0.25, -0.2) is 4.98 Å². The van der Waals surface area contributed by atoms with Crippen molar-refractivity contribution in [3.8, 4) is 0 Å². The van der Waals surface area contributed by atoms with Crippen LogP contribution in [-0.2, 0) is 11.2 Å². The molecule has 1 aliphatic carbocycles. The maximum Gasteiger partial charge on any atom is 0.230 e. The molecule has 0 aliphatic heterocycles. The lowest BCUT2D eigenvalue weighted by Crippen LogP contribution is -2.14. The van der Waals surface area contributed by atoms with Crippen molar-refractivity contribution in [1.82, 2.24) is 4.98 Å². The predicted octanol–water partition coefficient (Wildman–Crippen LogP) is 4.51. The van der Waals surface area contributed by atoms with Crippen LogP contribution in [0.2, 0.25) is 10.0 Å². The van der Waals surface area contributed by atoms with Gasteiger partial charge in [-0.15, -0.1) is 11.3 Å². The molecular weight excluding hydrogens is 315 g/mol. The van der Waals surface area contributed by atoms with E-state index in [2.05, 4.69) is 10.3 Å². The van der Waals surface area contributed by atoms with Gasteiger partial charge < -0.3 is 5.32 Å². The number of halogens is 2. The van der Waals surface area contributed by atoms with Gasteiger partial charge >= 0.3 is 0 Å². The predicted molar refractivity (Wildman–Crippen MR) is 82.9 cm³/mol. The third-order valence-corrected chi connectivity index (χ3v) is 4.65. The standard InChI is InChI=1S/C14H12Cl2N2OS/c15-10-2-1-3-11(16)9(10)6-13(19)18-14-17-12(7-20-14)8-4-5-8/h1-3,7-8H,4-6H2,(H,17,18,19). The first-order valence-electron chi connectivity index (χ1n) is 6.31. The summed E-state index contributed by atoms with van der Waals surface area (Å²) in [5.41, 5.74) is 1.73. The van der Waals surface area contributed by atoms with E-state index in [1.807, 2.05) is 5.38 Å². The lowest BCUT2D eigenvalue weighted by molar-refractivity contribution is -0.115. The van der Waals surface area contributed by atoms with Gasteiger partial charge in [0.1, 0.15) is 0 Å². The fourth-order valence-electron chi connectivity index (χ4n) is 1.94. The smallest absolute Gasteiger partial charge is 0.230 e. The molecule has 2 aromatic rings. The van der Waals surface area contributed by atoms with Gasteiger partial charge in [-0.05, 0) is 30.5 Å². The number of nitrogens with zero attached hydrogens (tertiary/aromatic N) is 1. The molecule has 0 spiro atoms. The van der Waals surface area contributed by atoms with Crippen LogP contribution in [0.4, 0.5) is 5.13 Å². The summed E-state index contributed by atoms with van der Waals surface area (Å²) in [5.74, 6) is 0.437. The molecule has 0 saturated heterocycles. The fourth-order valence-corrected chi connectivity index (χ4v) is 3.27. The zero-order valence-corrected chi connectivity index (χ0v) is 12.9. The Morgan fingerprint density at radius 3 is 2.70 bits per heavy atom. The Morgan fingerprint density at radius 2 is 2.05 bits per heavy atom. The summed E-state index contributed by atoms with van der Waals surface area (Å²) in [6.45, 7) is 0. The highest BCUT2D eigenvalue weighted by Crippen LogP contribution is 2.40. The van der Waals surface area contributed by atoms with Crippen molar-refractivity contribution < 1.29 is 4.79 Å². The van der Waals surface area contributed by atoms with Crippen LogP contribution >= 0.6 is 34.5 Å². The van der Waals surface area contributed by atoms with E-state index in [9.17, 15) is 4.79 Å². The number of aromatic nitrogens is 1. The van der Waals surface area contributed by atoms with Gasteiger partial charge in [0.25, 0.3) is 0 Å². The van der Waals surface area contributed by atoms with Crippen molar-refractivity contribution in [3.05, 3.63) is 44.9 Å². The van der Waals surface area contributed by atoms with E-state index in [1.165, 1.54) is 24.2 Å². The molecule has 104 valence electrons. The van der Waals surface area contributed by atoms with Crippen LogP contribution in [0.25, 0.3) is 0 Å². The highest BCUT2D eigenvalue weighted by Gasteiger charge is 2.26. The molecule has 1 aromatic carbocycles. The third kappa shape index (κ3) is 3.14. The van der Waals surface area contributed by atoms with E-state index >= 15 is 0 Å². The zero-order chi connectivity index (χ0) is 14.1. The van der Waals surface area contributed by atoms with Gasteiger partial charge in [0.15, 0.2) is 5.13 Å². The Kier molecular flexibility index (Phi) is 3.96. The number of thiazole rings is 1. The quantitative estimate of drug-likeness (QED) is 0.898. The summed E-state index contributed by atoms with van der Waals surface area (Å²) in [6.07, 6.45) is 2.55. The first-order chi connectivity index (χ1) is 9.63. The second-order valence-electron chi connectivity index (χ2n) is 4.78. The van der Waals surface area contributed by atoms with E-state index in [-0.39, 0.29) is 12.3 Å². The molecule has 6 heteroatoms. The van der Waals surface area contributed by atoms with Crippen molar-refractivity contribution in [1.29, 1.82) is 0 Å². The van der Waals surface area contributed by atoms with Crippen molar-refractivity contribution in [2.24, 2.45) is 0 Å². The Labute approximate surface area is 130 Å². The van der Waals surface area contributed by atoms with Crippen molar-refractivity contribution in [2.45, 2.75) is 25.2 Å². The molecule has 1 amide bonds. The van der Waals surface area contributed by atoms with Crippen LogP contribution in [0.1, 0.15) is 30.0 Å². The van der Waals surface area contributed by atoms with Crippen LogP contribution in [0.15, 0.2) is 23.6 Å². The van der Waals surface area contributed by atoms with E-state index in [0.717, 1.165) is 5.69 Å². The molecule has 0 radical (unpaired) electrons. The second kappa shape index (κ2) is 5.72. The first-order valence-corrected chi connectivity index (χ1v) is 7.95. The Balaban J connectivity index is 1.66. The van der Waals surface area contributed by atoms with Gasteiger partial charge in [0.2, 0.25) is 5.91 Å². The lowest BCUT2D eigenvalue weighted by atomic mass is 10.1. The Bertz CT molecular complexity index is 632. The highest BCUT2D eigenvalue weighted by atomic mass is 35.5. The molecule has 1 aromatic heterocycles. The SMILES string of the molecule is O=C(Cc1c(Cl)cccc1Cl)Nc1nc(C2CC2)cs1. The summed E-state index contributed by atoms with van der Waals surface area (Å²) in [4.78, 5) is 16.4. The zero-order valence-electron chi connectivity index (χ0n) is 10.5. The minimum absolute atomic E-state index is 0.150. The molecule has 0 unspecified atom stereocenters. The van der Waals surface area contributed by atoms with E-state index in [1.54, 1.807) is 18.2 Å². The minimum atomic E-state index is -0.156. The van der Waals surface area contributed by atoms with Crippen molar-refractivity contribution in [3.63, 3.8) is 0 Å². The third-order valence-electron chi connectivity index (χ3n) is 3.16.